The molecule has 0 spiro atoms. The van der Waals surface area contributed by atoms with Crippen molar-refractivity contribution >= 4 is 11.7 Å². The molecular formula is C9H18N2O2. The number of rotatable bonds is 7. The average Bonchev–Trinajstić information content (AvgIpc) is 2.16. The Kier molecular flexibility index (Phi) is 7.20. The molecule has 13 heavy (non-hydrogen) atoms. The topological polar surface area (TPSA) is 72.2 Å². The molecule has 0 aromatic carbocycles. The lowest BCUT2D eigenvalue weighted by molar-refractivity contribution is -0.137. The highest BCUT2D eigenvalue weighted by Crippen LogP contribution is 1.96. The van der Waals surface area contributed by atoms with E-state index in [1.54, 1.807) is 0 Å². The van der Waals surface area contributed by atoms with Crippen LogP contribution >= 0.6 is 0 Å². The first-order chi connectivity index (χ1) is 6.22. The van der Waals surface area contributed by atoms with Gasteiger partial charge in [0.25, 0.3) is 5.91 Å². The Morgan fingerprint density at radius 2 is 1.92 bits per heavy atom. The molecule has 0 saturated carbocycles. The quantitative estimate of drug-likeness (QED) is 0.441. The Labute approximate surface area is 78.9 Å². The van der Waals surface area contributed by atoms with E-state index in [1.165, 1.54) is 6.42 Å². The summed E-state index contributed by atoms with van der Waals surface area (Å²) in [7, 11) is 0. The molecule has 0 aromatic rings. The van der Waals surface area contributed by atoms with E-state index in [9.17, 15) is 9.59 Å². The number of unbranched alkanes of at least 4 members (excludes halogenated alkanes) is 3. The van der Waals surface area contributed by atoms with Crippen molar-refractivity contribution in [1.29, 1.82) is 0 Å². The molecule has 0 aromatic heterocycles. The highest BCUT2D eigenvalue weighted by atomic mass is 16.2. The minimum absolute atomic E-state index is 0.208. The third-order valence-corrected chi connectivity index (χ3v) is 1.75. The average molecular weight is 186 g/mol. The van der Waals surface area contributed by atoms with Gasteiger partial charge in [0.15, 0.2) is 0 Å². The number of amides is 1. The lowest BCUT2D eigenvalue weighted by Gasteiger charge is -2.02. The maximum absolute atomic E-state index is 10.9. The molecule has 0 heterocycles. The molecule has 0 saturated heterocycles. The van der Waals surface area contributed by atoms with Gasteiger partial charge in [0.2, 0.25) is 5.78 Å². The molecule has 0 aliphatic rings. The van der Waals surface area contributed by atoms with Gasteiger partial charge >= 0.3 is 0 Å². The molecular weight excluding hydrogens is 168 g/mol. The summed E-state index contributed by atoms with van der Waals surface area (Å²) in [5, 5.41) is 2.52. The first kappa shape index (κ1) is 12.1. The van der Waals surface area contributed by atoms with Crippen LogP contribution in [0.1, 0.15) is 32.6 Å². The van der Waals surface area contributed by atoms with Crippen LogP contribution in [0.2, 0.25) is 0 Å². The summed E-state index contributed by atoms with van der Waals surface area (Å²) in [4.78, 5) is 21.6. The van der Waals surface area contributed by atoms with Crippen LogP contribution in [0.5, 0.6) is 0 Å². The summed E-state index contributed by atoms with van der Waals surface area (Å²) < 4.78 is 0. The van der Waals surface area contributed by atoms with E-state index in [0.717, 1.165) is 19.3 Å². The van der Waals surface area contributed by atoms with E-state index in [0.29, 0.717) is 6.54 Å². The summed E-state index contributed by atoms with van der Waals surface area (Å²) in [5.74, 6) is -1.10. The second-order valence-corrected chi connectivity index (χ2v) is 2.94. The minimum atomic E-state index is -0.556. The fourth-order valence-electron chi connectivity index (χ4n) is 0.945. The largest absolute Gasteiger partial charge is 0.349 e. The smallest absolute Gasteiger partial charge is 0.288 e. The first-order valence-corrected chi connectivity index (χ1v) is 4.73. The first-order valence-electron chi connectivity index (χ1n) is 4.73. The zero-order valence-corrected chi connectivity index (χ0v) is 8.14. The third kappa shape index (κ3) is 6.28. The van der Waals surface area contributed by atoms with E-state index >= 15 is 0 Å². The fraction of sp³-hybridized carbons (Fsp3) is 0.778. The fourth-order valence-corrected chi connectivity index (χ4v) is 0.945. The lowest BCUT2D eigenvalue weighted by Crippen LogP contribution is -2.35. The minimum Gasteiger partial charge on any atom is -0.349 e. The summed E-state index contributed by atoms with van der Waals surface area (Å²) in [6, 6.07) is 0. The van der Waals surface area contributed by atoms with Crippen LogP contribution in [0.3, 0.4) is 0 Å². The van der Waals surface area contributed by atoms with E-state index in [1.807, 2.05) is 0 Å². The summed E-state index contributed by atoms with van der Waals surface area (Å²) in [6.07, 6.45) is 4.35. The van der Waals surface area contributed by atoms with Gasteiger partial charge in [0.05, 0.1) is 6.54 Å². The number of hydrogen-bond acceptors (Lipinski definition) is 3. The molecule has 0 unspecified atom stereocenters. The van der Waals surface area contributed by atoms with Gasteiger partial charge in [-0.3, -0.25) is 9.59 Å². The monoisotopic (exact) mass is 186 g/mol. The molecule has 4 heteroatoms. The van der Waals surface area contributed by atoms with Crippen molar-refractivity contribution in [2.24, 2.45) is 5.73 Å². The Hall–Kier alpha value is -0.900. The zero-order chi connectivity index (χ0) is 10.1. The molecule has 4 nitrogen and oxygen atoms in total. The van der Waals surface area contributed by atoms with Gasteiger partial charge in [-0.15, -0.1) is 0 Å². The number of carbonyl (C=O) groups is 2. The van der Waals surface area contributed by atoms with Gasteiger partial charge in [-0.25, -0.2) is 0 Å². The van der Waals surface area contributed by atoms with Crippen LogP contribution < -0.4 is 11.1 Å². The van der Waals surface area contributed by atoms with Gasteiger partial charge in [-0.05, 0) is 6.42 Å². The molecule has 0 atom stereocenters. The van der Waals surface area contributed by atoms with Crippen molar-refractivity contribution in [2.45, 2.75) is 32.6 Å². The molecule has 0 aliphatic carbocycles. The second kappa shape index (κ2) is 7.73. The van der Waals surface area contributed by atoms with Gasteiger partial charge < -0.3 is 11.1 Å². The standard InChI is InChI=1S/C9H18N2O2/c1-2-3-4-5-6-11-9(13)8(12)7-10/h2-7,10H2,1H3,(H,11,13). The second-order valence-electron chi connectivity index (χ2n) is 2.94. The SMILES string of the molecule is CCCCCCNC(=O)C(=O)CN. The van der Waals surface area contributed by atoms with Gasteiger partial charge in [0, 0.05) is 6.54 Å². The Morgan fingerprint density at radius 1 is 1.23 bits per heavy atom. The Balaban J connectivity index is 3.32. The van der Waals surface area contributed by atoms with Gasteiger partial charge in [-0.1, -0.05) is 26.2 Å². The highest BCUT2D eigenvalue weighted by Gasteiger charge is 2.08. The molecule has 0 aliphatic heterocycles. The third-order valence-electron chi connectivity index (χ3n) is 1.75. The molecule has 0 fully saturated rings. The summed E-state index contributed by atoms with van der Waals surface area (Å²) in [6.45, 7) is 2.49. The molecule has 76 valence electrons. The molecule has 1 amide bonds. The number of nitrogens with two attached hydrogens (primary N) is 1. The van der Waals surface area contributed by atoms with Crippen molar-refractivity contribution in [3.8, 4) is 0 Å². The number of Topliss-reactive ketones (excluding diaryl/α,β-unsaturated/α-hetero) is 1. The summed E-state index contributed by atoms with van der Waals surface area (Å²) in [5.41, 5.74) is 5.01. The van der Waals surface area contributed by atoms with Crippen LogP contribution in [0.15, 0.2) is 0 Å². The number of nitrogens with one attached hydrogen (secondary N) is 1. The number of carbonyl (C=O) groups excluding carboxylic acids is 2. The Morgan fingerprint density at radius 3 is 2.46 bits per heavy atom. The van der Waals surface area contributed by atoms with Crippen LogP contribution in [0.4, 0.5) is 0 Å². The van der Waals surface area contributed by atoms with Crippen LogP contribution in [0, 0.1) is 0 Å². The predicted molar refractivity (Wildman–Crippen MR) is 51.2 cm³/mol. The van der Waals surface area contributed by atoms with E-state index in [2.05, 4.69) is 12.2 Å². The zero-order valence-electron chi connectivity index (χ0n) is 8.14. The maximum atomic E-state index is 10.9. The predicted octanol–water partition coefficient (Wildman–Crippen LogP) is 0.211. The van der Waals surface area contributed by atoms with Crippen LogP contribution in [0.25, 0.3) is 0 Å². The summed E-state index contributed by atoms with van der Waals surface area (Å²) >= 11 is 0. The van der Waals surface area contributed by atoms with Crippen molar-refractivity contribution in [1.82, 2.24) is 5.32 Å². The highest BCUT2D eigenvalue weighted by molar-refractivity contribution is 6.36. The van der Waals surface area contributed by atoms with Gasteiger partial charge in [0.1, 0.15) is 0 Å². The van der Waals surface area contributed by atoms with Gasteiger partial charge in [-0.2, -0.15) is 0 Å². The maximum Gasteiger partial charge on any atom is 0.288 e. The van der Waals surface area contributed by atoms with Crippen LogP contribution in [-0.2, 0) is 9.59 Å². The molecule has 0 radical (unpaired) electrons. The normalized spacial score (nSPS) is 9.69. The Bertz CT molecular complexity index is 169. The number of ketones is 1. The van der Waals surface area contributed by atoms with Crippen LogP contribution in [-0.4, -0.2) is 24.8 Å². The van der Waals surface area contributed by atoms with E-state index in [-0.39, 0.29) is 6.54 Å². The molecule has 3 N–H and O–H groups in total. The van der Waals surface area contributed by atoms with Crippen molar-refractivity contribution in [3.05, 3.63) is 0 Å². The van der Waals surface area contributed by atoms with E-state index in [4.69, 9.17) is 5.73 Å². The van der Waals surface area contributed by atoms with Crippen molar-refractivity contribution < 1.29 is 9.59 Å². The van der Waals surface area contributed by atoms with Crippen molar-refractivity contribution in [3.63, 3.8) is 0 Å². The number of hydrogen-bond donors (Lipinski definition) is 2. The van der Waals surface area contributed by atoms with E-state index < -0.39 is 11.7 Å². The van der Waals surface area contributed by atoms with Crippen molar-refractivity contribution in [2.75, 3.05) is 13.1 Å². The molecule has 0 rings (SSSR count). The molecule has 0 bridgehead atoms. The lowest BCUT2D eigenvalue weighted by atomic mass is 10.2.